The van der Waals surface area contributed by atoms with Crippen LogP contribution in [0.3, 0.4) is 0 Å². The van der Waals surface area contributed by atoms with E-state index < -0.39 is 0 Å². The third kappa shape index (κ3) is 3.07. The Morgan fingerprint density at radius 3 is 1.70 bits per heavy atom. The molecule has 4 rings (SSSR count). The van der Waals surface area contributed by atoms with Gasteiger partial charge in [-0.2, -0.15) is 0 Å². The highest BCUT2D eigenvalue weighted by Crippen LogP contribution is 2.33. The lowest BCUT2D eigenvalue weighted by Gasteiger charge is -2.10. The van der Waals surface area contributed by atoms with Crippen LogP contribution in [0.4, 0.5) is 0 Å². The maximum absolute atomic E-state index is 2.23. The van der Waals surface area contributed by atoms with E-state index >= 15 is 0 Å². The van der Waals surface area contributed by atoms with Crippen LogP contribution in [0.5, 0.6) is 0 Å². The molecule has 0 bridgehead atoms. The standard InChI is InChI=1S/C19H14.2C2H6/c1-13-5-4-7-15-11-12-16-10-9-14-6-2-3-8-17(14)19(16)18(13)15;2*1-2/h2-12H,1H3;2*1-2H3. The van der Waals surface area contributed by atoms with Crippen LogP contribution in [0.15, 0.2) is 66.7 Å². The molecule has 0 saturated heterocycles. The average Bonchev–Trinajstić information content (AvgIpc) is 2.64. The lowest BCUT2D eigenvalue weighted by atomic mass is 9.94. The van der Waals surface area contributed by atoms with Gasteiger partial charge in [0.25, 0.3) is 0 Å². The Hall–Kier alpha value is -2.34. The van der Waals surface area contributed by atoms with E-state index in [9.17, 15) is 0 Å². The Bertz CT molecular complexity index is 911. The first-order valence-electron chi connectivity index (χ1n) is 8.64. The molecule has 0 aromatic heterocycles. The van der Waals surface area contributed by atoms with Gasteiger partial charge in [0.15, 0.2) is 0 Å². The van der Waals surface area contributed by atoms with Gasteiger partial charge in [-0.3, -0.25) is 0 Å². The minimum absolute atomic E-state index is 1.31. The van der Waals surface area contributed by atoms with Crippen LogP contribution in [0.1, 0.15) is 33.3 Å². The van der Waals surface area contributed by atoms with Gasteiger partial charge in [0.2, 0.25) is 0 Å². The topological polar surface area (TPSA) is 0 Å². The third-order valence-corrected chi connectivity index (χ3v) is 3.96. The molecule has 0 aliphatic heterocycles. The van der Waals surface area contributed by atoms with Gasteiger partial charge in [-0.1, -0.05) is 94.4 Å². The van der Waals surface area contributed by atoms with Gasteiger partial charge < -0.3 is 0 Å². The zero-order chi connectivity index (χ0) is 16.8. The zero-order valence-electron chi connectivity index (χ0n) is 14.9. The Morgan fingerprint density at radius 1 is 0.478 bits per heavy atom. The summed E-state index contributed by atoms with van der Waals surface area (Å²) in [7, 11) is 0. The summed E-state index contributed by atoms with van der Waals surface area (Å²) >= 11 is 0. The van der Waals surface area contributed by atoms with Crippen molar-refractivity contribution in [1.29, 1.82) is 0 Å². The molecule has 0 saturated carbocycles. The highest BCUT2D eigenvalue weighted by Gasteiger charge is 2.06. The molecule has 0 amide bonds. The molecular weight excluding hydrogens is 276 g/mol. The minimum atomic E-state index is 1.31. The van der Waals surface area contributed by atoms with Gasteiger partial charge in [0.1, 0.15) is 0 Å². The summed E-state index contributed by atoms with van der Waals surface area (Å²) in [6.07, 6.45) is 0. The SMILES string of the molecule is CC.CC.Cc1cccc2ccc3ccc4ccccc4c3c12. The van der Waals surface area contributed by atoms with Crippen molar-refractivity contribution in [3.05, 3.63) is 72.3 Å². The fourth-order valence-corrected chi connectivity index (χ4v) is 3.06. The second-order valence-electron chi connectivity index (χ2n) is 5.12. The quantitative estimate of drug-likeness (QED) is 0.295. The van der Waals surface area contributed by atoms with Crippen LogP contribution < -0.4 is 0 Å². The molecule has 0 heterocycles. The summed E-state index contributed by atoms with van der Waals surface area (Å²) in [6, 6.07) is 24.1. The van der Waals surface area contributed by atoms with Crippen LogP contribution in [-0.2, 0) is 0 Å². The summed E-state index contributed by atoms with van der Waals surface area (Å²) < 4.78 is 0. The van der Waals surface area contributed by atoms with Crippen molar-refractivity contribution in [2.24, 2.45) is 0 Å². The fraction of sp³-hybridized carbons (Fsp3) is 0.217. The van der Waals surface area contributed by atoms with Crippen LogP contribution in [0.2, 0.25) is 0 Å². The number of benzene rings is 4. The lowest BCUT2D eigenvalue weighted by Crippen LogP contribution is -1.83. The fourth-order valence-electron chi connectivity index (χ4n) is 3.06. The van der Waals surface area contributed by atoms with Gasteiger partial charge in [-0.15, -0.1) is 0 Å². The van der Waals surface area contributed by atoms with Gasteiger partial charge in [-0.25, -0.2) is 0 Å². The summed E-state index contributed by atoms with van der Waals surface area (Å²) in [5.41, 5.74) is 1.35. The maximum atomic E-state index is 2.23. The molecule has 4 aromatic carbocycles. The van der Waals surface area contributed by atoms with Crippen molar-refractivity contribution in [2.75, 3.05) is 0 Å². The van der Waals surface area contributed by atoms with Crippen LogP contribution >= 0.6 is 0 Å². The maximum Gasteiger partial charge on any atom is -0.00242 e. The van der Waals surface area contributed by atoms with E-state index in [2.05, 4.69) is 73.7 Å². The van der Waals surface area contributed by atoms with Crippen molar-refractivity contribution in [1.82, 2.24) is 0 Å². The molecule has 0 nitrogen and oxygen atoms in total. The summed E-state index contributed by atoms with van der Waals surface area (Å²) in [4.78, 5) is 0. The molecular formula is C23H26. The molecule has 0 aliphatic rings. The molecule has 0 N–H and O–H groups in total. The molecule has 4 aromatic rings. The first-order valence-corrected chi connectivity index (χ1v) is 8.64. The first-order chi connectivity index (χ1) is 11.3. The van der Waals surface area contributed by atoms with E-state index in [1.807, 2.05) is 27.7 Å². The Kier molecular flexibility index (Phi) is 5.76. The highest BCUT2D eigenvalue weighted by atomic mass is 14.1. The predicted octanol–water partition coefficient (Wildman–Crippen LogP) is 7.51. The van der Waals surface area contributed by atoms with E-state index in [0.29, 0.717) is 0 Å². The van der Waals surface area contributed by atoms with Crippen molar-refractivity contribution in [3.63, 3.8) is 0 Å². The average molecular weight is 302 g/mol. The number of rotatable bonds is 0. The summed E-state index contributed by atoms with van der Waals surface area (Å²) in [5.74, 6) is 0. The highest BCUT2D eigenvalue weighted by molar-refractivity contribution is 6.20. The van der Waals surface area contributed by atoms with Crippen molar-refractivity contribution < 1.29 is 0 Å². The summed E-state index contributed by atoms with van der Waals surface area (Å²) in [6.45, 7) is 10.2. The molecule has 0 unspecified atom stereocenters. The first kappa shape index (κ1) is 17.0. The van der Waals surface area contributed by atoms with Gasteiger partial charge >= 0.3 is 0 Å². The molecule has 0 radical (unpaired) electrons. The Balaban J connectivity index is 0.000000448. The van der Waals surface area contributed by atoms with Crippen LogP contribution in [0, 0.1) is 6.92 Å². The molecule has 0 atom stereocenters. The number of fused-ring (bicyclic) bond motifs is 5. The predicted molar refractivity (Wildman–Crippen MR) is 106 cm³/mol. The third-order valence-electron chi connectivity index (χ3n) is 3.96. The molecule has 0 fully saturated rings. The minimum Gasteiger partial charge on any atom is -0.0683 e. The number of hydrogen-bond acceptors (Lipinski definition) is 0. The van der Waals surface area contributed by atoms with Crippen molar-refractivity contribution in [3.8, 4) is 0 Å². The number of aryl methyl sites for hydroxylation is 1. The molecule has 0 aliphatic carbocycles. The number of hydrogen-bond donors (Lipinski definition) is 0. The Labute approximate surface area is 139 Å². The molecule has 23 heavy (non-hydrogen) atoms. The van der Waals surface area contributed by atoms with E-state index in [0.717, 1.165) is 0 Å². The monoisotopic (exact) mass is 302 g/mol. The van der Waals surface area contributed by atoms with Gasteiger partial charge in [0.05, 0.1) is 0 Å². The molecule has 0 heteroatoms. The largest absolute Gasteiger partial charge is 0.0683 e. The zero-order valence-corrected chi connectivity index (χ0v) is 14.9. The molecule has 118 valence electrons. The second-order valence-corrected chi connectivity index (χ2v) is 5.12. The Morgan fingerprint density at radius 2 is 1.00 bits per heavy atom. The van der Waals surface area contributed by atoms with E-state index in [-0.39, 0.29) is 0 Å². The van der Waals surface area contributed by atoms with E-state index in [1.165, 1.54) is 37.9 Å². The smallest absolute Gasteiger partial charge is 0.00242 e. The van der Waals surface area contributed by atoms with Crippen LogP contribution in [-0.4, -0.2) is 0 Å². The normalized spacial score (nSPS) is 9.96. The van der Waals surface area contributed by atoms with E-state index in [1.54, 1.807) is 0 Å². The van der Waals surface area contributed by atoms with Gasteiger partial charge in [0, 0.05) is 0 Å². The van der Waals surface area contributed by atoms with E-state index in [4.69, 9.17) is 0 Å². The lowest BCUT2D eigenvalue weighted by molar-refractivity contribution is 1.50. The molecule has 0 spiro atoms. The van der Waals surface area contributed by atoms with Crippen molar-refractivity contribution in [2.45, 2.75) is 34.6 Å². The van der Waals surface area contributed by atoms with Crippen LogP contribution in [0.25, 0.3) is 32.3 Å². The van der Waals surface area contributed by atoms with Crippen molar-refractivity contribution >= 4 is 32.3 Å². The van der Waals surface area contributed by atoms with Gasteiger partial charge in [-0.05, 0) is 44.8 Å². The summed E-state index contributed by atoms with van der Waals surface area (Å²) in [5, 5.41) is 8.07. The second kappa shape index (κ2) is 7.78.